The average molecular weight is 371 g/mol. The van der Waals surface area contributed by atoms with Gasteiger partial charge in [0, 0.05) is 37.3 Å². The maximum Gasteiger partial charge on any atom is 0.337 e. The summed E-state index contributed by atoms with van der Waals surface area (Å²) in [6.07, 6.45) is 3.37. The van der Waals surface area contributed by atoms with Gasteiger partial charge in [0.1, 0.15) is 0 Å². The van der Waals surface area contributed by atoms with Crippen LogP contribution in [-0.2, 0) is 9.53 Å². The van der Waals surface area contributed by atoms with E-state index in [1.54, 1.807) is 12.1 Å². The van der Waals surface area contributed by atoms with Crippen LogP contribution in [0.5, 0.6) is 0 Å². The third-order valence-electron chi connectivity index (χ3n) is 6.65. The number of rotatable bonds is 3. The number of methoxy groups -OCH3 is 1. The number of amides is 1. The second-order valence-corrected chi connectivity index (χ2v) is 8.23. The summed E-state index contributed by atoms with van der Waals surface area (Å²) >= 11 is 0. The molecule has 146 valence electrons. The molecule has 3 fully saturated rings. The van der Waals surface area contributed by atoms with Gasteiger partial charge in [-0.2, -0.15) is 0 Å². The van der Waals surface area contributed by atoms with E-state index in [4.69, 9.17) is 4.74 Å². The standard InChI is InChI=1S/C21H29N3O3/c1-15-14-23(17-5-3-16(4-6-17)20(26)27-2)11-12-24(15)19(25)18-13-21(18)7-9-22-10-8-21/h3-6,15,18,22H,7-14H2,1-2H3. The van der Waals surface area contributed by atoms with Crippen LogP contribution in [0.15, 0.2) is 24.3 Å². The number of anilines is 1. The van der Waals surface area contributed by atoms with E-state index in [1.807, 2.05) is 12.1 Å². The molecule has 6 nitrogen and oxygen atoms in total. The number of benzene rings is 1. The number of piperazine rings is 1. The van der Waals surface area contributed by atoms with Gasteiger partial charge in [-0.25, -0.2) is 4.79 Å². The first-order chi connectivity index (χ1) is 13.0. The van der Waals surface area contributed by atoms with Gasteiger partial charge >= 0.3 is 5.97 Å². The quantitative estimate of drug-likeness (QED) is 0.823. The SMILES string of the molecule is COC(=O)c1ccc(N2CCN(C(=O)C3CC34CCNCC4)C(C)C2)cc1. The minimum absolute atomic E-state index is 0.200. The van der Waals surface area contributed by atoms with Gasteiger partial charge < -0.3 is 19.9 Å². The Balaban J connectivity index is 1.36. The number of nitrogens with zero attached hydrogens (tertiary/aromatic N) is 2. The summed E-state index contributed by atoms with van der Waals surface area (Å²) < 4.78 is 4.75. The zero-order valence-corrected chi connectivity index (χ0v) is 16.2. The van der Waals surface area contributed by atoms with Crippen LogP contribution >= 0.6 is 0 Å². The number of carbonyl (C=O) groups is 2. The number of esters is 1. The molecular weight excluding hydrogens is 342 g/mol. The Labute approximate surface area is 160 Å². The predicted octanol–water partition coefficient (Wildman–Crippen LogP) is 1.90. The van der Waals surface area contributed by atoms with Gasteiger partial charge in [-0.15, -0.1) is 0 Å². The van der Waals surface area contributed by atoms with E-state index in [9.17, 15) is 9.59 Å². The van der Waals surface area contributed by atoms with Crippen LogP contribution in [0.3, 0.4) is 0 Å². The molecule has 2 atom stereocenters. The van der Waals surface area contributed by atoms with Crippen LogP contribution in [0.4, 0.5) is 5.69 Å². The highest BCUT2D eigenvalue weighted by molar-refractivity contribution is 5.89. The summed E-state index contributed by atoms with van der Waals surface area (Å²) in [6.45, 7) is 6.66. The van der Waals surface area contributed by atoms with Crippen molar-refractivity contribution in [3.05, 3.63) is 29.8 Å². The second kappa shape index (κ2) is 7.15. The van der Waals surface area contributed by atoms with Crippen molar-refractivity contribution in [2.45, 2.75) is 32.2 Å². The third-order valence-corrected chi connectivity index (χ3v) is 6.65. The molecule has 0 bridgehead atoms. The van der Waals surface area contributed by atoms with Crippen molar-refractivity contribution in [2.24, 2.45) is 11.3 Å². The van der Waals surface area contributed by atoms with Crippen molar-refractivity contribution in [2.75, 3.05) is 44.7 Å². The molecule has 2 aliphatic heterocycles. The highest BCUT2D eigenvalue weighted by atomic mass is 16.5. The first-order valence-electron chi connectivity index (χ1n) is 9.99. The lowest BCUT2D eigenvalue weighted by Crippen LogP contribution is -2.55. The van der Waals surface area contributed by atoms with Crippen LogP contribution in [-0.4, -0.2) is 62.7 Å². The minimum atomic E-state index is -0.318. The molecule has 2 saturated heterocycles. The van der Waals surface area contributed by atoms with E-state index in [2.05, 4.69) is 22.0 Å². The molecule has 1 spiro atoms. The van der Waals surface area contributed by atoms with Crippen LogP contribution in [0.1, 0.15) is 36.5 Å². The Morgan fingerprint density at radius 1 is 1.15 bits per heavy atom. The van der Waals surface area contributed by atoms with Gasteiger partial charge in [0.2, 0.25) is 5.91 Å². The van der Waals surface area contributed by atoms with E-state index < -0.39 is 0 Å². The number of hydrogen-bond acceptors (Lipinski definition) is 5. The highest BCUT2D eigenvalue weighted by Crippen LogP contribution is 2.59. The maximum absolute atomic E-state index is 13.1. The average Bonchev–Trinajstić information content (AvgIpc) is 3.40. The van der Waals surface area contributed by atoms with Gasteiger partial charge in [0.25, 0.3) is 0 Å². The number of hydrogen-bond donors (Lipinski definition) is 1. The molecule has 1 saturated carbocycles. The van der Waals surface area contributed by atoms with Crippen molar-refractivity contribution in [3.63, 3.8) is 0 Å². The molecule has 1 aromatic rings. The Morgan fingerprint density at radius 3 is 2.48 bits per heavy atom. The van der Waals surface area contributed by atoms with Crippen LogP contribution in [0.2, 0.25) is 0 Å². The Morgan fingerprint density at radius 2 is 1.85 bits per heavy atom. The zero-order chi connectivity index (χ0) is 19.0. The molecule has 3 aliphatic rings. The fourth-order valence-corrected chi connectivity index (χ4v) is 4.82. The van der Waals surface area contributed by atoms with Crippen molar-refractivity contribution in [3.8, 4) is 0 Å². The molecule has 6 heteroatoms. The van der Waals surface area contributed by atoms with Crippen LogP contribution in [0, 0.1) is 11.3 Å². The number of carbonyl (C=O) groups excluding carboxylic acids is 2. The van der Waals surface area contributed by atoms with Crippen LogP contribution in [0.25, 0.3) is 0 Å². The number of nitrogens with one attached hydrogen (secondary N) is 1. The lowest BCUT2D eigenvalue weighted by Gasteiger charge is -2.41. The maximum atomic E-state index is 13.1. The highest BCUT2D eigenvalue weighted by Gasteiger charge is 2.59. The molecule has 1 aliphatic carbocycles. The molecule has 4 rings (SSSR count). The van der Waals surface area contributed by atoms with E-state index in [1.165, 1.54) is 7.11 Å². The topological polar surface area (TPSA) is 61.9 Å². The summed E-state index contributed by atoms with van der Waals surface area (Å²) in [6, 6.07) is 7.72. The predicted molar refractivity (Wildman–Crippen MR) is 104 cm³/mol. The molecule has 0 radical (unpaired) electrons. The Kier molecular flexibility index (Phi) is 4.84. The van der Waals surface area contributed by atoms with Crippen LogP contribution < -0.4 is 10.2 Å². The first-order valence-corrected chi connectivity index (χ1v) is 9.99. The summed E-state index contributed by atoms with van der Waals surface area (Å²) in [7, 11) is 1.39. The van der Waals surface area contributed by atoms with E-state index in [0.29, 0.717) is 16.9 Å². The summed E-state index contributed by atoms with van der Waals surface area (Å²) in [5, 5.41) is 3.41. The molecule has 1 N–H and O–H groups in total. The molecular formula is C21H29N3O3. The van der Waals surface area contributed by atoms with Gasteiger partial charge in [0.15, 0.2) is 0 Å². The first kappa shape index (κ1) is 18.3. The number of ether oxygens (including phenoxy) is 1. The monoisotopic (exact) mass is 371 g/mol. The van der Waals surface area contributed by atoms with Crippen molar-refractivity contribution >= 4 is 17.6 Å². The van der Waals surface area contributed by atoms with E-state index in [-0.39, 0.29) is 17.9 Å². The van der Waals surface area contributed by atoms with Gasteiger partial charge in [-0.3, -0.25) is 4.79 Å². The summed E-state index contributed by atoms with van der Waals surface area (Å²) in [5.74, 6) is 0.291. The molecule has 0 aromatic heterocycles. The largest absolute Gasteiger partial charge is 0.465 e. The van der Waals surface area contributed by atoms with Crippen molar-refractivity contribution in [1.29, 1.82) is 0 Å². The number of piperidine rings is 1. The van der Waals surface area contributed by atoms with Gasteiger partial charge in [-0.05, 0) is 69.0 Å². The van der Waals surface area contributed by atoms with E-state index in [0.717, 1.165) is 57.7 Å². The zero-order valence-electron chi connectivity index (χ0n) is 16.2. The van der Waals surface area contributed by atoms with Crippen molar-refractivity contribution in [1.82, 2.24) is 10.2 Å². The van der Waals surface area contributed by atoms with E-state index >= 15 is 0 Å². The summed E-state index contributed by atoms with van der Waals surface area (Å²) in [5.41, 5.74) is 1.94. The van der Waals surface area contributed by atoms with Gasteiger partial charge in [-0.1, -0.05) is 0 Å². The molecule has 1 amide bonds. The fourth-order valence-electron chi connectivity index (χ4n) is 4.82. The Bertz CT molecular complexity index is 712. The molecule has 1 aromatic carbocycles. The minimum Gasteiger partial charge on any atom is -0.465 e. The van der Waals surface area contributed by atoms with Crippen molar-refractivity contribution < 1.29 is 14.3 Å². The summed E-state index contributed by atoms with van der Waals surface area (Å²) in [4.78, 5) is 29.1. The molecule has 2 heterocycles. The smallest absolute Gasteiger partial charge is 0.337 e. The Hall–Kier alpha value is -2.08. The second-order valence-electron chi connectivity index (χ2n) is 8.23. The molecule has 27 heavy (non-hydrogen) atoms. The normalized spacial score (nSPS) is 26.7. The fraction of sp³-hybridized carbons (Fsp3) is 0.619. The third kappa shape index (κ3) is 3.43. The lowest BCUT2D eigenvalue weighted by molar-refractivity contribution is -0.136. The molecule has 2 unspecified atom stereocenters. The lowest BCUT2D eigenvalue weighted by atomic mass is 9.91. The van der Waals surface area contributed by atoms with Gasteiger partial charge in [0.05, 0.1) is 12.7 Å².